The Bertz CT molecular complexity index is 685. The summed E-state index contributed by atoms with van der Waals surface area (Å²) in [4.78, 5) is 23.9. The van der Waals surface area contributed by atoms with Crippen molar-refractivity contribution >= 4 is 11.9 Å². The zero-order chi connectivity index (χ0) is 17.4. The van der Waals surface area contributed by atoms with Gasteiger partial charge in [-0.2, -0.15) is 0 Å². The van der Waals surface area contributed by atoms with E-state index in [-0.39, 0.29) is 24.1 Å². The molecule has 0 unspecified atom stereocenters. The number of nitrogens with one attached hydrogen (secondary N) is 1. The Kier molecular flexibility index (Phi) is 6.37. The van der Waals surface area contributed by atoms with Crippen molar-refractivity contribution in [3.8, 4) is 11.5 Å². The molecule has 5 nitrogen and oxygen atoms in total. The number of esters is 1. The molecule has 0 bridgehead atoms. The van der Waals surface area contributed by atoms with E-state index < -0.39 is 5.97 Å². The Morgan fingerprint density at radius 1 is 1.04 bits per heavy atom. The second kappa shape index (κ2) is 8.72. The molecule has 2 rings (SSSR count). The van der Waals surface area contributed by atoms with Gasteiger partial charge in [0.2, 0.25) is 0 Å². The summed E-state index contributed by atoms with van der Waals surface area (Å²) in [5.74, 6) is 0.0864. The highest BCUT2D eigenvalue weighted by Crippen LogP contribution is 2.25. The van der Waals surface area contributed by atoms with Crippen LogP contribution in [-0.2, 0) is 9.53 Å². The lowest BCUT2D eigenvalue weighted by molar-refractivity contribution is -0.124. The van der Waals surface area contributed by atoms with Crippen molar-refractivity contribution in [3.63, 3.8) is 0 Å². The number of hydrogen-bond acceptors (Lipinski definition) is 4. The molecule has 2 aromatic rings. The van der Waals surface area contributed by atoms with Crippen LogP contribution in [0.15, 0.2) is 54.6 Å². The molecule has 0 saturated carbocycles. The summed E-state index contributed by atoms with van der Waals surface area (Å²) >= 11 is 0. The third-order valence-electron chi connectivity index (χ3n) is 3.43. The minimum Gasteiger partial charge on any atom is -0.456 e. The van der Waals surface area contributed by atoms with E-state index in [9.17, 15) is 9.59 Å². The lowest BCUT2D eigenvalue weighted by Gasteiger charge is -2.13. The number of amides is 1. The summed E-state index contributed by atoms with van der Waals surface area (Å²) in [5.41, 5.74) is 0.276. The molecule has 24 heavy (non-hydrogen) atoms. The summed E-state index contributed by atoms with van der Waals surface area (Å²) in [6.45, 7) is 3.54. The average Bonchev–Trinajstić information content (AvgIpc) is 2.61. The van der Waals surface area contributed by atoms with Crippen LogP contribution in [0.4, 0.5) is 0 Å². The molecule has 0 spiro atoms. The molecule has 1 atom stereocenters. The van der Waals surface area contributed by atoms with E-state index in [0.717, 1.165) is 6.42 Å². The average molecular weight is 327 g/mol. The summed E-state index contributed by atoms with van der Waals surface area (Å²) in [6.07, 6.45) is 0.813. The maximum atomic E-state index is 12.2. The van der Waals surface area contributed by atoms with Crippen LogP contribution >= 0.6 is 0 Å². The minimum atomic E-state index is -0.596. The second-order valence-electron chi connectivity index (χ2n) is 5.36. The third-order valence-corrected chi connectivity index (χ3v) is 3.43. The van der Waals surface area contributed by atoms with Crippen LogP contribution in [-0.4, -0.2) is 24.5 Å². The number of carbonyl (C=O) groups is 2. The maximum Gasteiger partial charge on any atom is 0.342 e. The van der Waals surface area contributed by atoms with E-state index in [1.165, 1.54) is 0 Å². The molecule has 0 fully saturated rings. The normalized spacial score (nSPS) is 11.4. The molecule has 5 heteroatoms. The summed E-state index contributed by atoms with van der Waals surface area (Å²) < 4.78 is 10.8. The Hall–Kier alpha value is -2.82. The molecule has 0 radical (unpaired) electrons. The fourth-order valence-electron chi connectivity index (χ4n) is 1.97. The van der Waals surface area contributed by atoms with Crippen molar-refractivity contribution < 1.29 is 19.1 Å². The number of hydrogen-bond donors (Lipinski definition) is 1. The molecule has 1 amide bonds. The summed E-state index contributed by atoms with van der Waals surface area (Å²) in [5, 5.41) is 2.74. The van der Waals surface area contributed by atoms with Gasteiger partial charge in [0.25, 0.3) is 5.91 Å². The first-order valence-corrected chi connectivity index (χ1v) is 7.88. The number of ether oxygens (including phenoxy) is 2. The lowest BCUT2D eigenvalue weighted by Crippen LogP contribution is -2.35. The Morgan fingerprint density at radius 3 is 2.42 bits per heavy atom. The van der Waals surface area contributed by atoms with Crippen molar-refractivity contribution in [1.82, 2.24) is 5.32 Å². The number of para-hydroxylation sites is 2. The predicted octanol–water partition coefficient (Wildman–Crippen LogP) is 3.55. The quantitative estimate of drug-likeness (QED) is 0.790. The molecular formula is C19H21NO4. The van der Waals surface area contributed by atoms with Gasteiger partial charge in [-0.25, -0.2) is 4.79 Å². The van der Waals surface area contributed by atoms with Gasteiger partial charge in [0.1, 0.15) is 17.1 Å². The number of benzene rings is 2. The molecule has 0 saturated heterocycles. The van der Waals surface area contributed by atoms with Crippen LogP contribution < -0.4 is 10.1 Å². The van der Waals surface area contributed by atoms with Gasteiger partial charge < -0.3 is 14.8 Å². The molecule has 2 aromatic carbocycles. The van der Waals surface area contributed by atoms with E-state index in [4.69, 9.17) is 9.47 Å². The fraction of sp³-hybridized carbons (Fsp3) is 0.263. The van der Waals surface area contributed by atoms with Gasteiger partial charge in [-0.05, 0) is 37.6 Å². The fourth-order valence-corrected chi connectivity index (χ4v) is 1.97. The van der Waals surface area contributed by atoms with Crippen molar-refractivity contribution in [3.05, 3.63) is 60.2 Å². The monoisotopic (exact) mass is 327 g/mol. The highest BCUT2D eigenvalue weighted by atomic mass is 16.5. The first-order valence-electron chi connectivity index (χ1n) is 7.88. The zero-order valence-electron chi connectivity index (χ0n) is 13.8. The summed E-state index contributed by atoms with van der Waals surface area (Å²) in [6, 6.07) is 16.0. The number of carbonyl (C=O) groups excluding carboxylic acids is 2. The van der Waals surface area contributed by atoms with E-state index >= 15 is 0 Å². The van der Waals surface area contributed by atoms with Crippen LogP contribution in [0.3, 0.4) is 0 Å². The van der Waals surface area contributed by atoms with Crippen LogP contribution in [0, 0.1) is 0 Å². The van der Waals surface area contributed by atoms with Crippen molar-refractivity contribution in [2.75, 3.05) is 6.61 Å². The van der Waals surface area contributed by atoms with Crippen LogP contribution in [0.2, 0.25) is 0 Å². The smallest absolute Gasteiger partial charge is 0.342 e. The van der Waals surface area contributed by atoms with Gasteiger partial charge >= 0.3 is 5.97 Å². The van der Waals surface area contributed by atoms with Crippen LogP contribution in [0.5, 0.6) is 11.5 Å². The first-order chi connectivity index (χ1) is 11.6. The largest absolute Gasteiger partial charge is 0.456 e. The van der Waals surface area contributed by atoms with E-state index in [0.29, 0.717) is 11.5 Å². The Labute approximate surface area is 141 Å². The van der Waals surface area contributed by atoms with Crippen molar-refractivity contribution in [1.29, 1.82) is 0 Å². The van der Waals surface area contributed by atoms with Gasteiger partial charge in [-0.3, -0.25) is 4.79 Å². The lowest BCUT2D eigenvalue weighted by atomic mass is 10.2. The first kappa shape index (κ1) is 17.5. The Balaban J connectivity index is 2.01. The predicted molar refractivity (Wildman–Crippen MR) is 91.1 cm³/mol. The minimum absolute atomic E-state index is 0.0462. The molecule has 0 aliphatic heterocycles. The van der Waals surface area contributed by atoms with E-state index in [1.807, 2.05) is 32.0 Å². The maximum absolute atomic E-state index is 12.2. The molecular weight excluding hydrogens is 306 g/mol. The topological polar surface area (TPSA) is 64.6 Å². The highest BCUT2D eigenvalue weighted by Gasteiger charge is 2.16. The van der Waals surface area contributed by atoms with Crippen molar-refractivity contribution in [2.45, 2.75) is 26.3 Å². The second-order valence-corrected chi connectivity index (χ2v) is 5.36. The van der Waals surface area contributed by atoms with Crippen LogP contribution in [0.1, 0.15) is 30.6 Å². The summed E-state index contributed by atoms with van der Waals surface area (Å²) in [7, 11) is 0. The zero-order valence-corrected chi connectivity index (χ0v) is 13.8. The van der Waals surface area contributed by atoms with E-state index in [2.05, 4.69) is 5.32 Å². The number of rotatable bonds is 7. The highest BCUT2D eigenvalue weighted by molar-refractivity contribution is 5.94. The Morgan fingerprint density at radius 2 is 1.71 bits per heavy atom. The molecule has 126 valence electrons. The van der Waals surface area contributed by atoms with E-state index in [1.54, 1.807) is 36.4 Å². The van der Waals surface area contributed by atoms with Gasteiger partial charge in [0, 0.05) is 6.04 Å². The third kappa shape index (κ3) is 5.12. The van der Waals surface area contributed by atoms with Crippen molar-refractivity contribution in [2.24, 2.45) is 0 Å². The molecule has 0 heterocycles. The van der Waals surface area contributed by atoms with Crippen LogP contribution in [0.25, 0.3) is 0 Å². The molecule has 1 N–H and O–H groups in total. The standard InChI is InChI=1S/C19H21NO4/c1-3-14(2)20-18(21)13-23-19(22)16-11-7-8-12-17(16)24-15-9-5-4-6-10-15/h4-12,14H,3,13H2,1-2H3,(H,20,21)/t14-/m0/s1. The van der Waals surface area contributed by atoms with Gasteiger partial charge in [0.05, 0.1) is 0 Å². The molecule has 0 aliphatic rings. The molecule has 0 aromatic heterocycles. The van der Waals surface area contributed by atoms with Gasteiger partial charge in [-0.1, -0.05) is 37.3 Å². The van der Waals surface area contributed by atoms with Gasteiger partial charge in [0.15, 0.2) is 6.61 Å². The SMILES string of the molecule is CC[C@H](C)NC(=O)COC(=O)c1ccccc1Oc1ccccc1. The molecule has 0 aliphatic carbocycles. The van der Waals surface area contributed by atoms with Gasteiger partial charge in [-0.15, -0.1) is 0 Å².